The van der Waals surface area contributed by atoms with Gasteiger partial charge in [0, 0.05) is 83.8 Å². The lowest BCUT2D eigenvalue weighted by Gasteiger charge is -2.28. The molecule has 4 aromatic rings. The van der Waals surface area contributed by atoms with Crippen molar-refractivity contribution in [3.8, 4) is 0 Å². The number of hydrogen-bond acceptors (Lipinski definition) is 24. The first-order chi connectivity index (χ1) is 34.0. The Bertz CT molecular complexity index is 2490. The number of aromatic nitrogens is 6. The number of benzene rings is 2. The monoisotopic (exact) mass is 1060 g/mol. The first-order valence-electron chi connectivity index (χ1n) is 22.7. The molecule has 71 heavy (non-hydrogen) atoms. The highest BCUT2D eigenvalue weighted by Gasteiger charge is 2.39. The summed E-state index contributed by atoms with van der Waals surface area (Å²) in [5.41, 5.74) is 0.234. The maximum Gasteiger partial charge on any atom is 0.500 e. The van der Waals surface area contributed by atoms with Crippen molar-refractivity contribution in [3.05, 3.63) is 58.9 Å². The van der Waals surface area contributed by atoms with Crippen molar-refractivity contribution in [1.29, 1.82) is 0 Å². The van der Waals surface area contributed by atoms with E-state index < -0.39 is 38.8 Å². The van der Waals surface area contributed by atoms with Gasteiger partial charge in [-0.3, -0.25) is 9.11 Å². The zero-order valence-electron chi connectivity index (χ0n) is 39.8. The fourth-order valence-electron chi connectivity index (χ4n) is 7.08. The highest BCUT2D eigenvalue weighted by molar-refractivity contribution is 7.86. The molecule has 0 aliphatic rings. The molecule has 0 aliphatic carbocycles. The van der Waals surface area contributed by atoms with E-state index in [-0.39, 0.29) is 138 Å². The molecule has 0 aliphatic heterocycles. The third kappa shape index (κ3) is 17.8. The summed E-state index contributed by atoms with van der Waals surface area (Å²) in [6.07, 6.45) is 2.85. The summed E-state index contributed by atoms with van der Waals surface area (Å²) in [5, 5.41) is 64.1. The quantitative estimate of drug-likeness (QED) is 0.0130. The number of hydrogen-bond donors (Lipinski definition) is 10. The summed E-state index contributed by atoms with van der Waals surface area (Å²) in [7, 11) is -12.8. The molecular weight excluding hydrogens is 991 g/mol. The molecule has 0 saturated carbocycles. The van der Waals surface area contributed by atoms with Crippen LogP contribution in [0.5, 0.6) is 0 Å². The van der Waals surface area contributed by atoms with Crippen LogP contribution in [-0.2, 0) is 39.9 Å². The van der Waals surface area contributed by atoms with Gasteiger partial charge in [0.25, 0.3) is 20.2 Å². The van der Waals surface area contributed by atoms with Gasteiger partial charge < -0.3 is 69.3 Å². The Balaban J connectivity index is 1.68. The smallest absolute Gasteiger partial charge is 0.395 e. The van der Waals surface area contributed by atoms with E-state index in [0.717, 1.165) is 6.07 Å². The van der Waals surface area contributed by atoms with Gasteiger partial charge in [-0.05, 0) is 62.1 Å². The Labute approximate surface area is 413 Å². The summed E-state index contributed by atoms with van der Waals surface area (Å²) in [4.78, 5) is 30.0. The van der Waals surface area contributed by atoms with Gasteiger partial charge in [-0.25, -0.2) is 0 Å². The topological polar surface area (TPSA) is 369 Å². The van der Waals surface area contributed by atoms with Crippen molar-refractivity contribution in [2.45, 2.75) is 49.4 Å². The van der Waals surface area contributed by atoms with Gasteiger partial charge in [-0.2, -0.15) is 46.7 Å². The molecule has 26 nitrogen and oxygen atoms in total. The molecule has 0 atom stereocenters. The number of nitrogens with zero attached hydrogens (tertiary/aromatic N) is 9. The Morgan fingerprint density at radius 3 is 1.46 bits per heavy atom. The molecule has 0 bridgehead atoms. The van der Waals surface area contributed by atoms with Gasteiger partial charge in [-0.1, -0.05) is 30.4 Å². The second kappa shape index (κ2) is 28.8. The van der Waals surface area contributed by atoms with Crippen LogP contribution in [0, 0.1) is 0 Å². The lowest BCUT2D eigenvalue weighted by Crippen LogP contribution is -2.46. The minimum atomic E-state index is -4.95. The molecule has 29 heteroatoms. The van der Waals surface area contributed by atoms with Crippen LogP contribution in [0.4, 0.5) is 35.4 Å². The van der Waals surface area contributed by atoms with E-state index in [1.807, 2.05) is 20.8 Å². The maximum atomic E-state index is 12.8. The molecular formula is C42H65N11O15S2Si. The van der Waals surface area contributed by atoms with Crippen LogP contribution in [0.2, 0.25) is 6.04 Å². The van der Waals surface area contributed by atoms with Crippen molar-refractivity contribution in [2.24, 2.45) is 0 Å². The van der Waals surface area contributed by atoms with E-state index in [0.29, 0.717) is 44.4 Å². The summed E-state index contributed by atoms with van der Waals surface area (Å²) in [6.45, 7) is 5.59. The van der Waals surface area contributed by atoms with Gasteiger partial charge in [0.05, 0.1) is 39.6 Å². The standard InChI is InChI=1S/C42H65N11O15S2Si/c1-4-66-71(67-5-2,68-6-3)27-7-14-43-38-47-39(49-42(48-38)53(19-25-58)20-26-59)44-34-13-12-33(36(30-34)70(63,64)65)11-10-32-9-8-31(28-35(32)69(60,61)62)29-37-45-40(51(15-21-54)16-22-55)50-41(46-37)52(17-23-56)18-24-57/h8-13,28,30,54-59H,4-7,14-27,29H2,1-3H3,(H,60,61,62)(H,63,64,65)(H2,43,44,47,48,49)/b11-10+. The molecule has 2 heterocycles. The number of nitrogens with one attached hydrogen (secondary N) is 2. The lowest BCUT2D eigenvalue weighted by molar-refractivity contribution is 0.0710. The second-order valence-corrected chi connectivity index (χ2v) is 20.7. The van der Waals surface area contributed by atoms with Crippen molar-refractivity contribution >= 4 is 76.6 Å². The second-order valence-electron chi connectivity index (χ2n) is 15.2. The van der Waals surface area contributed by atoms with Gasteiger partial charge >= 0.3 is 8.80 Å². The first-order valence-corrected chi connectivity index (χ1v) is 27.6. The van der Waals surface area contributed by atoms with E-state index in [4.69, 9.17) is 13.3 Å². The number of rotatable bonds is 34. The summed E-state index contributed by atoms with van der Waals surface area (Å²) in [6, 6.07) is 8.38. The van der Waals surface area contributed by atoms with Gasteiger partial charge in [-0.15, -0.1) is 0 Å². The first kappa shape index (κ1) is 58.4. The van der Waals surface area contributed by atoms with Crippen LogP contribution in [-0.4, -0.2) is 201 Å². The summed E-state index contributed by atoms with van der Waals surface area (Å²) in [5.74, 6) is 0.286. The van der Waals surface area contributed by atoms with Gasteiger partial charge in [0.1, 0.15) is 15.6 Å². The van der Waals surface area contributed by atoms with E-state index in [2.05, 4.69) is 40.5 Å². The minimum Gasteiger partial charge on any atom is -0.395 e. The molecule has 2 aromatic heterocycles. The molecule has 2 aromatic carbocycles. The number of anilines is 6. The van der Waals surface area contributed by atoms with E-state index in [9.17, 15) is 56.6 Å². The van der Waals surface area contributed by atoms with Crippen LogP contribution in [0.3, 0.4) is 0 Å². The summed E-state index contributed by atoms with van der Waals surface area (Å²) < 4.78 is 89.8. The molecule has 0 amide bonds. The van der Waals surface area contributed by atoms with E-state index in [1.165, 1.54) is 57.2 Å². The molecule has 4 rings (SSSR count). The average Bonchev–Trinajstić information content (AvgIpc) is 3.32. The normalized spacial score (nSPS) is 12.2. The Hall–Kier alpha value is -5.12. The fraction of sp³-hybridized carbons (Fsp3) is 0.524. The van der Waals surface area contributed by atoms with Crippen LogP contribution in [0.25, 0.3) is 12.2 Å². The van der Waals surface area contributed by atoms with Crippen molar-refractivity contribution in [1.82, 2.24) is 29.9 Å². The molecule has 0 fully saturated rings. The van der Waals surface area contributed by atoms with Crippen LogP contribution in [0.1, 0.15) is 49.7 Å². The molecule has 394 valence electrons. The summed E-state index contributed by atoms with van der Waals surface area (Å²) >= 11 is 0. The predicted octanol–water partition coefficient (Wildman–Crippen LogP) is 0.278. The van der Waals surface area contributed by atoms with E-state index >= 15 is 0 Å². The Morgan fingerprint density at radius 2 is 1.01 bits per heavy atom. The van der Waals surface area contributed by atoms with Crippen LogP contribution >= 0.6 is 0 Å². The van der Waals surface area contributed by atoms with E-state index in [1.54, 1.807) is 0 Å². The third-order valence-corrected chi connectivity index (χ3v) is 15.1. The van der Waals surface area contributed by atoms with Crippen LogP contribution in [0.15, 0.2) is 46.2 Å². The highest BCUT2D eigenvalue weighted by Crippen LogP contribution is 2.28. The number of aliphatic hydroxyl groups excluding tert-OH is 6. The minimum absolute atomic E-state index is 0.0377. The average molecular weight is 1060 g/mol. The fourth-order valence-corrected chi connectivity index (χ4v) is 11.1. The van der Waals surface area contributed by atoms with Crippen molar-refractivity contribution in [3.63, 3.8) is 0 Å². The van der Waals surface area contributed by atoms with Crippen molar-refractivity contribution in [2.75, 3.05) is 131 Å². The van der Waals surface area contributed by atoms with Crippen LogP contribution < -0.4 is 25.3 Å². The highest BCUT2D eigenvalue weighted by atomic mass is 32.2. The van der Waals surface area contributed by atoms with Crippen molar-refractivity contribution < 1.29 is 69.9 Å². The van der Waals surface area contributed by atoms with Gasteiger partial charge in [0.15, 0.2) is 0 Å². The largest absolute Gasteiger partial charge is 0.500 e. The zero-order chi connectivity index (χ0) is 52.0. The lowest BCUT2D eigenvalue weighted by atomic mass is 10.1. The SMILES string of the molecule is CCO[Si](CCCNc1nc(Nc2ccc(/C=C/c3ccc(Cc4nc(N(CCO)CCO)nc(N(CCO)CCO)n4)cc3S(=O)(=O)O)c(S(=O)(=O)O)c2)nc(N(CCO)CCO)n1)(OCC)OCC. The molecule has 0 saturated heterocycles. The molecule has 0 radical (unpaired) electrons. The third-order valence-electron chi connectivity index (χ3n) is 10.1. The molecule has 0 spiro atoms. The Morgan fingerprint density at radius 1 is 0.577 bits per heavy atom. The molecule has 0 unspecified atom stereocenters. The number of aliphatic hydroxyl groups is 6. The maximum absolute atomic E-state index is 12.8. The molecule has 10 N–H and O–H groups in total. The Kier molecular flexibility index (Phi) is 23.7. The zero-order valence-corrected chi connectivity index (χ0v) is 42.5. The predicted molar refractivity (Wildman–Crippen MR) is 265 cm³/mol. The van der Waals surface area contributed by atoms with Gasteiger partial charge in [0.2, 0.25) is 29.7 Å².